The van der Waals surface area contributed by atoms with Gasteiger partial charge in [0.1, 0.15) is 24.6 Å². The third kappa shape index (κ3) is 6.38. The fraction of sp³-hybridized carbons (Fsp3) is 0.200. The smallest absolute Gasteiger partial charge is 0.419 e. The van der Waals surface area contributed by atoms with E-state index in [4.69, 9.17) is 21.6 Å². The number of amidine groups is 1. The molecule has 2 amide bonds. The Morgan fingerprint density at radius 2 is 1.69 bits per heavy atom. The second kappa shape index (κ2) is 10.9. The van der Waals surface area contributed by atoms with E-state index in [2.05, 4.69) is 4.98 Å². The number of benzene rings is 2. The summed E-state index contributed by atoms with van der Waals surface area (Å²) in [6.45, 7) is 1.44. The minimum atomic E-state index is -4.73. The van der Waals surface area contributed by atoms with Crippen molar-refractivity contribution in [2.45, 2.75) is 32.2 Å². The maximum atomic E-state index is 13.9. The number of nitrogens with two attached hydrogens (primary N) is 2. The summed E-state index contributed by atoms with van der Waals surface area (Å²) in [5.74, 6) is -2.14. The number of alkyl halides is 3. The molecular formula is C25H24F3N5O3. The van der Waals surface area contributed by atoms with Crippen molar-refractivity contribution in [2.24, 2.45) is 11.5 Å². The van der Waals surface area contributed by atoms with E-state index in [9.17, 15) is 22.8 Å². The third-order valence-electron chi connectivity index (χ3n) is 5.37. The van der Waals surface area contributed by atoms with Gasteiger partial charge in [-0.1, -0.05) is 6.07 Å². The molecular weight excluding hydrogens is 475 g/mol. The molecule has 0 spiro atoms. The molecule has 0 aliphatic rings. The minimum absolute atomic E-state index is 0.0911. The average Bonchev–Trinajstić information content (AvgIpc) is 2.82. The van der Waals surface area contributed by atoms with E-state index in [0.29, 0.717) is 16.8 Å². The van der Waals surface area contributed by atoms with Crippen LogP contribution < -0.4 is 21.1 Å². The first-order valence-electron chi connectivity index (χ1n) is 10.7. The molecule has 1 aromatic heterocycles. The summed E-state index contributed by atoms with van der Waals surface area (Å²) in [6, 6.07) is 11.9. The van der Waals surface area contributed by atoms with Gasteiger partial charge in [0.15, 0.2) is 0 Å². The Hall–Kier alpha value is -4.41. The first kappa shape index (κ1) is 26.2. The number of pyridine rings is 1. The summed E-state index contributed by atoms with van der Waals surface area (Å²) < 4.78 is 47.2. The molecule has 0 bridgehead atoms. The summed E-state index contributed by atoms with van der Waals surface area (Å²) in [6.07, 6.45) is -2.35. The van der Waals surface area contributed by atoms with Crippen molar-refractivity contribution in [2.75, 3.05) is 4.90 Å². The number of halogens is 3. The largest absolute Gasteiger partial charge is 0.488 e. The van der Waals surface area contributed by atoms with Gasteiger partial charge in [-0.05, 0) is 66.6 Å². The Balaban J connectivity index is 1.98. The highest BCUT2D eigenvalue weighted by molar-refractivity contribution is 6.05. The zero-order valence-corrected chi connectivity index (χ0v) is 19.3. The molecule has 1 heterocycles. The lowest BCUT2D eigenvalue weighted by Crippen LogP contribution is -2.36. The van der Waals surface area contributed by atoms with Crippen LogP contribution in [0.2, 0.25) is 0 Å². The van der Waals surface area contributed by atoms with E-state index in [1.807, 2.05) is 0 Å². The fourth-order valence-corrected chi connectivity index (χ4v) is 3.56. The number of hydrogen-bond acceptors (Lipinski definition) is 5. The molecule has 5 N–H and O–H groups in total. The van der Waals surface area contributed by atoms with Crippen LogP contribution in [-0.2, 0) is 22.4 Å². The molecule has 2 aromatic carbocycles. The van der Waals surface area contributed by atoms with Crippen LogP contribution in [0, 0.1) is 5.41 Å². The number of aromatic nitrogens is 1. The molecule has 0 aliphatic heterocycles. The molecule has 0 radical (unpaired) electrons. The van der Waals surface area contributed by atoms with Gasteiger partial charge >= 0.3 is 6.18 Å². The van der Waals surface area contributed by atoms with Gasteiger partial charge in [0.25, 0.3) is 0 Å². The van der Waals surface area contributed by atoms with Crippen LogP contribution in [0.4, 0.5) is 18.9 Å². The van der Waals surface area contributed by atoms with Crippen molar-refractivity contribution in [1.29, 1.82) is 5.41 Å². The maximum absolute atomic E-state index is 13.9. The quantitative estimate of drug-likeness (QED) is 0.233. The number of nitrogens with zero attached hydrogens (tertiary/aromatic N) is 2. The molecule has 0 unspecified atom stereocenters. The lowest BCUT2D eigenvalue weighted by molar-refractivity contribution is -0.139. The molecule has 1 atom stereocenters. The monoisotopic (exact) mass is 499 g/mol. The van der Waals surface area contributed by atoms with E-state index in [0.717, 1.165) is 6.07 Å². The van der Waals surface area contributed by atoms with Crippen molar-refractivity contribution in [3.05, 3.63) is 89.2 Å². The van der Waals surface area contributed by atoms with Crippen molar-refractivity contribution in [3.8, 4) is 5.75 Å². The van der Waals surface area contributed by atoms with Gasteiger partial charge in [-0.3, -0.25) is 20.0 Å². The summed E-state index contributed by atoms with van der Waals surface area (Å²) in [5.41, 5.74) is 11.2. The minimum Gasteiger partial charge on any atom is -0.488 e. The standard InChI is InChI=1S/C25H24F3N5O3/c1-15(33(23(35)13-22(29)34)19-5-2-17(3-6-19)24(30)31)18-4-7-21(20(12-18)25(26,27)28)36-14-16-8-10-32-11-9-16/h2-12,15H,13-14H2,1H3,(H2,29,34)(H3,30,31)/t15-/m0/s1. The predicted octanol–water partition coefficient (Wildman–Crippen LogP) is 3.93. The molecule has 36 heavy (non-hydrogen) atoms. The Kier molecular flexibility index (Phi) is 7.93. The highest BCUT2D eigenvalue weighted by atomic mass is 19.4. The molecule has 11 heteroatoms. The summed E-state index contributed by atoms with van der Waals surface area (Å²) in [4.78, 5) is 29.4. The second-order valence-electron chi connectivity index (χ2n) is 7.94. The van der Waals surface area contributed by atoms with Crippen LogP contribution in [0.3, 0.4) is 0 Å². The highest BCUT2D eigenvalue weighted by Crippen LogP contribution is 2.39. The molecule has 0 fully saturated rings. The van der Waals surface area contributed by atoms with Gasteiger partial charge in [-0.2, -0.15) is 13.2 Å². The number of nitrogen functional groups attached to an aromatic ring is 1. The van der Waals surface area contributed by atoms with E-state index in [1.54, 1.807) is 12.1 Å². The lowest BCUT2D eigenvalue weighted by Gasteiger charge is -2.30. The number of primary amides is 1. The lowest BCUT2D eigenvalue weighted by atomic mass is 10.0. The van der Waals surface area contributed by atoms with Crippen molar-refractivity contribution in [1.82, 2.24) is 4.98 Å². The van der Waals surface area contributed by atoms with Crippen LogP contribution in [0.5, 0.6) is 5.75 Å². The SMILES string of the molecule is C[C@@H](c1ccc(OCc2ccncc2)c(C(F)(F)F)c1)N(C(=O)CC(N)=O)c1ccc(C(=N)N)cc1. The molecule has 8 nitrogen and oxygen atoms in total. The predicted molar refractivity (Wildman–Crippen MR) is 127 cm³/mol. The first-order chi connectivity index (χ1) is 17.0. The number of rotatable bonds is 9. The molecule has 3 rings (SSSR count). The van der Waals surface area contributed by atoms with Crippen LogP contribution >= 0.6 is 0 Å². The number of ether oxygens (including phenoxy) is 1. The molecule has 188 valence electrons. The van der Waals surface area contributed by atoms with E-state index < -0.39 is 36.0 Å². The van der Waals surface area contributed by atoms with Crippen molar-refractivity contribution in [3.63, 3.8) is 0 Å². The van der Waals surface area contributed by atoms with Crippen molar-refractivity contribution < 1.29 is 27.5 Å². The van der Waals surface area contributed by atoms with E-state index >= 15 is 0 Å². The zero-order valence-electron chi connectivity index (χ0n) is 19.3. The number of carbonyl (C=O) groups excluding carboxylic acids is 2. The van der Waals surface area contributed by atoms with Crippen LogP contribution in [0.25, 0.3) is 0 Å². The van der Waals surface area contributed by atoms with Crippen LogP contribution in [-0.4, -0.2) is 22.6 Å². The Morgan fingerprint density at radius 3 is 2.25 bits per heavy atom. The molecule has 3 aromatic rings. The number of anilines is 1. The van der Waals surface area contributed by atoms with E-state index in [1.165, 1.54) is 60.6 Å². The topological polar surface area (TPSA) is 135 Å². The van der Waals surface area contributed by atoms with Gasteiger partial charge in [0.2, 0.25) is 11.8 Å². The van der Waals surface area contributed by atoms with Gasteiger partial charge in [0.05, 0.1) is 11.6 Å². The Morgan fingerprint density at radius 1 is 1.06 bits per heavy atom. The van der Waals surface area contributed by atoms with Gasteiger partial charge in [-0.15, -0.1) is 0 Å². The molecule has 0 saturated carbocycles. The van der Waals surface area contributed by atoms with E-state index in [-0.39, 0.29) is 23.8 Å². The summed E-state index contributed by atoms with van der Waals surface area (Å²) >= 11 is 0. The fourth-order valence-electron chi connectivity index (χ4n) is 3.56. The molecule has 0 aliphatic carbocycles. The average molecular weight is 499 g/mol. The summed E-state index contributed by atoms with van der Waals surface area (Å²) in [7, 11) is 0. The third-order valence-corrected chi connectivity index (χ3v) is 5.37. The van der Waals surface area contributed by atoms with Gasteiger partial charge in [0, 0.05) is 23.6 Å². The Bertz CT molecular complexity index is 1250. The van der Waals surface area contributed by atoms with Gasteiger partial charge < -0.3 is 21.1 Å². The van der Waals surface area contributed by atoms with Crippen LogP contribution in [0.15, 0.2) is 67.0 Å². The van der Waals surface area contributed by atoms with Crippen molar-refractivity contribution >= 4 is 23.3 Å². The molecule has 0 saturated heterocycles. The van der Waals surface area contributed by atoms with Gasteiger partial charge in [-0.25, -0.2) is 0 Å². The normalized spacial score (nSPS) is 12.0. The number of nitrogens with one attached hydrogen (secondary N) is 1. The Labute approximate surface area is 205 Å². The highest BCUT2D eigenvalue weighted by Gasteiger charge is 2.36. The number of amides is 2. The zero-order chi connectivity index (χ0) is 26.5. The van der Waals surface area contributed by atoms with Crippen LogP contribution in [0.1, 0.15) is 41.6 Å². The number of carbonyl (C=O) groups is 2. The second-order valence-corrected chi connectivity index (χ2v) is 7.94. The number of hydrogen-bond donors (Lipinski definition) is 3. The maximum Gasteiger partial charge on any atom is 0.419 e. The first-order valence-corrected chi connectivity index (χ1v) is 10.7. The summed E-state index contributed by atoms with van der Waals surface area (Å²) in [5, 5.41) is 7.51.